The summed E-state index contributed by atoms with van der Waals surface area (Å²) in [5, 5.41) is 2.75. The molecule has 0 saturated carbocycles. The minimum atomic E-state index is -0.571. The summed E-state index contributed by atoms with van der Waals surface area (Å²) in [7, 11) is 3.14. The Balaban J connectivity index is 1.49. The molecule has 0 aliphatic carbocycles. The molecule has 1 N–H and O–H groups in total. The highest BCUT2D eigenvalue weighted by Crippen LogP contribution is 2.36. The van der Waals surface area contributed by atoms with Crippen molar-refractivity contribution in [1.29, 1.82) is 0 Å². The summed E-state index contributed by atoms with van der Waals surface area (Å²) in [6.07, 6.45) is 1.64. The second kappa shape index (κ2) is 12.7. The molecule has 40 heavy (non-hydrogen) atoms. The van der Waals surface area contributed by atoms with Crippen LogP contribution in [0, 0.1) is 0 Å². The maximum Gasteiger partial charge on any atom is 0.340 e. The molecule has 0 fully saturated rings. The van der Waals surface area contributed by atoms with Crippen LogP contribution >= 0.6 is 0 Å². The summed E-state index contributed by atoms with van der Waals surface area (Å²) in [5.74, 6) is 0.587. The van der Waals surface area contributed by atoms with Gasteiger partial charge in [-0.1, -0.05) is 12.1 Å². The quantitative estimate of drug-likeness (QED) is 0.284. The average Bonchev–Trinajstić information content (AvgIpc) is 3.21. The molecule has 0 radical (unpaired) electrons. The van der Waals surface area contributed by atoms with Gasteiger partial charge in [0.05, 0.1) is 32.0 Å². The fraction of sp³-hybridized carbons (Fsp3) is 0.194. The number of allylic oxidation sites excluding steroid dienone is 1. The number of nitrogens with one attached hydrogen (secondary N) is 1. The fourth-order valence-electron chi connectivity index (χ4n) is 4.17. The smallest absolute Gasteiger partial charge is 0.340 e. The molecule has 206 valence electrons. The van der Waals surface area contributed by atoms with Crippen LogP contribution in [0.5, 0.6) is 17.2 Å². The van der Waals surface area contributed by atoms with Gasteiger partial charge in [0.25, 0.3) is 11.8 Å². The molecule has 3 aromatic rings. The van der Waals surface area contributed by atoms with E-state index in [-0.39, 0.29) is 36.2 Å². The van der Waals surface area contributed by atoms with Crippen LogP contribution in [0.4, 0.5) is 11.4 Å². The molecule has 1 aliphatic heterocycles. The van der Waals surface area contributed by atoms with Gasteiger partial charge >= 0.3 is 5.97 Å². The van der Waals surface area contributed by atoms with Gasteiger partial charge in [-0.05, 0) is 86.2 Å². The lowest BCUT2D eigenvalue weighted by atomic mass is 10.0. The van der Waals surface area contributed by atoms with E-state index in [1.54, 1.807) is 107 Å². The molecule has 9 nitrogen and oxygen atoms in total. The van der Waals surface area contributed by atoms with Gasteiger partial charge in [-0.15, -0.1) is 0 Å². The second-order valence-corrected chi connectivity index (χ2v) is 8.71. The Hall–Kier alpha value is -5.05. The normalized spacial score (nSPS) is 13.8. The number of carbonyl (C=O) groups excluding carboxylic acids is 3. The zero-order valence-corrected chi connectivity index (χ0v) is 22.7. The number of esters is 1. The molecule has 0 spiro atoms. The first-order valence-electron chi connectivity index (χ1n) is 12.6. The fourth-order valence-corrected chi connectivity index (χ4v) is 4.17. The van der Waals surface area contributed by atoms with Gasteiger partial charge in [-0.25, -0.2) is 4.79 Å². The minimum absolute atomic E-state index is 0.178. The number of amides is 2. The number of rotatable bonds is 10. The van der Waals surface area contributed by atoms with E-state index < -0.39 is 5.97 Å². The lowest BCUT2D eigenvalue weighted by Crippen LogP contribution is -2.24. The topological polar surface area (TPSA) is 103 Å². The van der Waals surface area contributed by atoms with E-state index in [9.17, 15) is 14.4 Å². The molecule has 1 aliphatic rings. The molecular formula is C31H30N2O7. The molecule has 4 rings (SSSR count). The predicted octanol–water partition coefficient (Wildman–Crippen LogP) is 4.99. The standard InChI is InChI=1S/C31H30N2O7/c1-5-39-31(36)29-20(2)33(23-10-16-25(38-4)17-11-23)30(35)27(29)18-21-6-12-26(13-7-21)40-19-28(34)32-22-8-14-24(37-3)15-9-22/h6-18H,5,19H2,1-4H3,(H,32,34)/b27-18-. The molecule has 2 amide bonds. The van der Waals surface area contributed by atoms with Crippen LogP contribution in [0.3, 0.4) is 0 Å². The maximum atomic E-state index is 13.5. The Morgan fingerprint density at radius 1 is 0.850 bits per heavy atom. The molecule has 9 heteroatoms. The number of methoxy groups -OCH3 is 2. The van der Waals surface area contributed by atoms with Crippen LogP contribution in [0.1, 0.15) is 19.4 Å². The maximum absolute atomic E-state index is 13.5. The van der Waals surface area contributed by atoms with E-state index in [1.807, 2.05) is 0 Å². The first-order valence-corrected chi connectivity index (χ1v) is 12.6. The van der Waals surface area contributed by atoms with Crippen molar-refractivity contribution in [2.45, 2.75) is 13.8 Å². The highest BCUT2D eigenvalue weighted by molar-refractivity contribution is 6.23. The van der Waals surface area contributed by atoms with E-state index in [0.717, 1.165) is 0 Å². The van der Waals surface area contributed by atoms with Crippen LogP contribution in [0.15, 0.2) is 89.6 Å². The largest absolute Gasteiger partial charge is 0.497 e. The van der Waals surface area contributed by atoms with Crippen LogP contribution in [-0.2, 0) is 19.1 Å². The average molecular weight is 543 g/mol. The van der Waals surface area contributed by atoms with Gasteiger partial charge < -0.3 is 24.3 Å². The van der Waals surface area contributed by atoms with Crippen molar-refractivity contribution in [2.24, 2.45) is 0 Å². The number of benzene rings is 3. The Labute approximate surface area is 232 Å². The van der Waals surface area contributed by atoms with Crippen molar-refractivity contribution in [1.82, 2.24) is 0 Å². The molecule has 0 aromatic heterocycles. The number of carbonyl (C=O) groups is 3. The first kappa shape index (κ1) is 28.0. The van der Waals surface area contributed by atoms with E-state index >= 15 is 0 Å². The summed E-state index contributed by atoms with van der Waals surface area (Å²) in [6, 6.07) is 20.8. The SMILES string of the molecule is CCOC(=O)C1=C(C)N(c2ccc(OC)cc2)C(=O)/C1=C\c1ccc(OCC(=O)Nc2ccc(OC)cc2)cc1. The van der Waals surface area contributed by atoms with Gasteiger partial charge in [-0.3, -0.25) is 14.5 Å². The second-order valence-electron chi connectivity index (χ2n) is 8.71. The summed E-state index contributed by atoms with van der Waals surface area (Å²) in [4.78, 5) is 40.1. The third kappa shape index (κ3) is 6.32. The lowest BCUT2D eigenvalue weighted by molar-refractivity contribution is -0.138. The highest BCUT2D eigenvalue weighted by atomic mass is 16.5. The van der Waals surface area contributed by atoms with Crippen LogP contribution in [-0.4, -0.2) is 45.2 Å². The molecule has 3 aromatic carbocycles. The number of nitrogens with zero attached hydrogens (tertiary/aromatic N) is 1. The van der Waals surface area contributed by atoms with Crippen molar-refractivity contribution in [2.75, 3.05) is 37.7 Å². The van der Waals surface area contributed by atoms with Gasteiger partial charge in [-0.2, -0.15) is 0 Å². The molecular weight excluding hydrogens is 512 g/mol. The zero-order chi connectivity index (χ0) is 28.6. The third-order valence-electron chi connectivity index (χ3n) is 6.15. The Morgan fingerprint density at radius 3 is 2.00 bits per heavy atom. The zero-order valence-electron chi connectivity index (χ0n) is 22.7. The van der Waals surface area contributed by atoms with Gasteiger partial charge in [0.15, 0.2) is 6.61 Å². The van der Waals surface area contributed by atoms with Crippen molar-refractivity contribution in [3.63, 3.8) is 0 Å². The number of hydrogen-bond donors (Lipinski definition) is 1. The van der Waals surface area contributed by atoms with Crippen LogP contribution in [0.25, 0.3) is 6.08 Å². The van der Waals surface area contributed by atoms with E-state index in [2.05, 4.69) is 5.32 Å². The Bertz CT molecular complexity index is 1440. The third-order valence-corrected chi connectivity index (χ3v) is 6.15. The number of hydrogen-bond acceptors (Lipinski definition) is 7. The molecule has 0 bridgehead atoms. The van der Waals surface area contributed by atoms with Crippen LogP contribution in [0.2, 0.25) is 0 Å². The Morgan fingerprint density at radius 2 is 1.43 bits per heavy atom. The monoisotopic (exact) mass is 542 g/mol. The summed E-state index contributed by atoms with van der Waals surface area (Å²) >= 11 is 0. The van der Waals surface area contributed by atoms with Gasteiger partial charge in [0.2, 0.25) is 0 Å². The molecule has 0 unspecified atom stereocenters. The van der Waals surface area contributed by atoms with Crippen molar-refractivity contribution >= 4 is 35.2 Å². The molecule has 1 heterocycles. The number of ether oxygens (including phenoxy) is 4. The first-order chi connectivity index (χ1) is 19.3. The number of anilines is 2. The van der Waals surface area contributed by atoms with Crippen molar-refractivity contribution in [3.05, 3.63) is 95.2 Å². The van der Waals surface area contributed by atoms with Gasteiger partial charge in [0, 0.05) is 17.1 Å². The van der Waals surface area contributed by atoms with Crippen LogP contribution < -0.4 is 24.4 Å². The predicted molar refractivity (Wildman–Crippen MR) is 151 cm³/mol. The summed E-state index contributed by atoms with van der Waals surface area (Å²) < 4.78 is 21.2. The highest BCUT2D eigenvalue weighted by Gasteiger charge is 2.38. The molecule has 0 saturated heterocycles. The van der Waals surface area contributed by atoms with E-state index in [1.165, 1.54) is 4.90 Å². The summed E-state index contributed by atoms with van der Waals surface area (Å²) in [6.45, 7) is 3.42. The Kier molecular flexibility index (Phi) is 8.86. The summed E-state index contributed by atoms with van der Waals surface area (Å²) in [5.41, 5.74) is 2.80. The van der Waals surface area contributed by atoms with Crippen molar-refractivity contribution < 1.29 is 33.3 Å². The van der Waals surface area contributed by atoms with E-state index in [4.69, 9.17) is 18.9 Å². The van der Waals surface area contributed by atoms with Crippen molar-refractivity contribution in [3.8, 4) is 17.2 Å². The van der Waals surface area contributed by atoms with E-state index in [0.29, 0.717) is 39.9 Å². The minimum Gasteiger partial charge on any atom is -0.497 e. The van der Waals surface area contributed by atoms with Gasteiger partial charge in [0.1, 0.15) is 17.2 Å². The molecule has 0 atom stereocenters. The lowest BCUT2D eigenvalue weighted by Gasteiger charge is -2.18.